The summed E-state index contributed by atoms with van der Waals surface area (Å²) in [5, 5.41) is 0.714. The highest BCUT2D eigenvalue weighted by Crippen LogP contribution is 2.36. The third-order valence-electron chi connectivity index (χ3n) is 4.04. The number of hydrogen-bond acceptors (Lipinski definition) is 7. The molecular formula is C17H19F2N5O2S. The average molecular weight is 395 g/mol. The predicted molar refractivity (Wildman–Crippen MR) is 98.4 cm³/mol. The molecule has 3 rings (SSSR count). The second-order valence-corrected chi connectivity index (χ2v) is 6.93. The third kappa shape index (κ3) is 3.61. The van der Waals surface area contributed by atoms with E-state index < -0.39 is 12.5 Å². The standard InChI is InChI=1S/C17H19F2N5O2S/c1-5-26-16(25)13-9(2)12-14(21-10(3)22-15(12)27-13)23(4)8-11-20-6-7-24(11)17(18)19/h6-7,17H,5,8H2,1-4H3. The molecule has 0 aliphatic rings. The van der Waals surface area contributed by atoms with Crippen LogP contribution >= 0.6 is 11.3 Å². The number of esters is 1. The van der Waals surface area contributed by atoms with Gasteiger partial charge in [0, 0.05) is 19.4 Å². The van der Waals surface area contributed by atoms with E-state index in [0.717, 1.165) is 4.57 Å². The molecule has 0 radical (unpaired) electrons. The molecule has 0 spiro atoms. The second kappa shape index (κ2) is 7.55. The summed E-state index contributed by atoms with van der Waals surface area (Å²) < 4.78 is 32.1. The fourth-order valence-corrected chi connectivity index (χ4v) is 3.94. The number of fused-ring (bicyclic) bond motifs is 1. The van der Waals surface area contributed by atoms with Crippen molar-refractivity contribution < 1.29 is 18.3 Å². The fraction of sp³-hybridized carbons (Fsp3) is 0.412. The Kier molecular flexibility index (Phi) is 5.36. The van der Waals surface area contributed by atoms with E-state index in [1.54, 1.807) is 32.7 Å². The van der Waals surface area contributed by atoms with Crippen LogP contribution in [-0.4, -0.2) is 39.1 Å². The molecule has 0 amide bonds. The average Bonchev–Trinajstić information content (AvgIpc) is 3.19. The number of alkyl halides is 2. The minimum atomic E-state index is -2.67. The van der Waals surface area contributed by atoms with Crippen LogP contribution in [0.4, 0.5) is 14.6 Å². The normalized spacial score (nSPS) is 11.4. The minimum absolute atomic E-state index is 0.132. The Bertz CT molecular complexity index is 985. The highest BCUT2D eigenvalue weighted by Gasteiger charge is 2.23. The van der Waals surface area contributed by atoms with Crippen molar-refractivity contribution >= 4 is 33.3 Å². The maximum absolute atomic E-state index is 13.1. The summed E-state index contributed by atoms with van der Waals surface area (Å²) in [4.78, 5) is 28.0. The summed E-state index contributed by atoms with van der Waals surface area (Å²) in [6.07, 6.45) is 2.58. The van der Waals surface area contributed by atoms with Crippen LogP contribution in [0.25, 0.3) is 10.2 Å². The molecule has 0 aromatic carbocycles. The number of thiophene rings is 1. The highest BCUT2D eigenvalue weighted by atomic mass is 32.1. The quantitative estimate of drug-likeness (QED) is 0.593. The van der Waals surface area contributed by atoms with Gasteiger partial charge in [-0.25, -0.2) is 19.7 Å². The smallest absolute Gasteiger partial charge is 0.348 e. The second-order valence-electron chi connectivity index (χ2n) is 5.94. The number of rotatable bonds is 6. The molecular weight excluding hydrogens is 376 g/mol. The molecule has 0 atom stereocenters. The van der Waals surface area contributed by atoms with Crippen LogP contribution in [0.3, 0.4) is 0 Å². The van der Waals surface area contributed by atoms with Crippen LogP contribution in [0.5, 0.6) is 0 Å². The summed E-state index contributed by atoms with van der Waals surface area (Å²) in [5.74, 6) is 0.900. The van der Waals surface area contributed by atoms with Gasteiger partial charge < -0.3 is 9.64 Å². The molecule has 0 unspecified atom stereocenters. The Labute approximate surface area is 158 Å². The molecule has 0 aliphatic carbocycles. The van der Waals surface area contributed by atoms with Crippen molar-refractivity contribution in [1.82, 2.24) is 19.5 Å². The van der Waals surface area contributed by atoms with E-state index in [9.17, 15) is 13.6 Å². The van der Waals surface area contributed by atoms with E-state index in [-0.39, 0.29) is 19.0 Å². The van der Waals surface area contributed by atoms with E-state index in [1.165, 1.54) is 23.7 Å². The number of imidazole rings is 1. The van der Waals surface area contributed by atoms with Gasteiger partial charge in [0.25, 0.3) is 0 Å². The molecule has 0 fully saturated rings. The monoisotopic (exact) mass is 395 g/mol. The van der Waals surface area contributed by atoms with Crippen LogP contribution in [-0.2, 0) is 11.3 Å². The van der Waals surface area contributed by atoms with Crippen LogP contribution in [0.1, 0.15) is 40.4 Å². The van der Waals surface area contributed by atoms with Crippen molar-refractivity contribution in [3.05, 3.63) is 34.5 Å². The zero-order valence-corrected chi connectivity index (χ0v) is 16.2. The molecule has 0 saturated carbocycles. The van der Waals surface area contributed by atoms with Gasteiger partial charge in [-0.05, 0) is 26.3 Å². The number of carbonyl (C=O) groups is 1. The first-order valence-electron chi connectivity index (χ1n) is 8.29. The molecule has 3 aromatic rings. The number of anilines is 1. The van der Waals surface area contributed by atoms with E-state index in [2.05, 4.69) is 15.0 Å². The summed E-state index contributed by atoms with van der Waals surface area (Å²) in [6.45, 7) is 3.04. The summed E-state index contributed by atoms with van der Waals surface area (Å²) in [6, 6.07) is 0. The molecule has 0 bridgehead atoms. The van der Waals surface area contributed by atoms with Gasteiger partial charge in [-0.3, -0.25) is 4.57 Å². The van der Waals surface area contributed by atoms with Crippen LogP contribution < -0.4 is 4.90 Å². The molecule has 144 valence electrons. The van der Waals surface area contributed by atoms with E-state index in [4.69, 9.17) is 4.74 Å². The Morgan fingerprint density at radius 1 is 1.37 bits per heavy atom. The zero-order chi connectivity index (χ0) is 19.7. The predicted octanol–water partition coefficient (Wildman–Crippen LogP) is 3.71. The minimum Gasteiger partial charge on any atom is -0.462 e. The third-order valence-corrected chi connectivity index (χ3v) is 5.21. The molecule has 3 aromatic heterocycles. The van der Waals surface area contributed by atoms with Crippen LogP contribution in [0.2, 0.25) is 0 Å². The maximum atomic E-state index is 13.1. The lowest BCUT2D eigenvalue weighted by Crippen LogP contribution is -2.21. The van der Waals surface area contributed by atoms with Gasteiger partial charge in [-0.15, -0.1) is 11.3 Å². The van der Waals surface area contributed by atoms with Crippen molar-refractivity contribution in [2.24, 2.45) is 0 Å². The molecule has 0 N–H and O–H groups in total. The first-order chi connectivity index (χ1) is 12.8. The van der Waals surface area contributed by atoms with Crippen molar-refractivity contribution in [1.29, 1.82) is 0 Å². The SMILES string of the molecule is CCOC(=O)c1sc2nc(C)nc(N(C)Cc3nccn3C(F)F)c2c1C. The van der Waals surface area contributed by atoms with Crippen molar-refractivity contribution in [3.63, 3.8) is 0 Å². The number of ether oxygens (including phenoxy) is 1. The Morgan fingerprint density at radius 3 is 2.78 bits per heavy atom. The molecule has 3 heterocycles. The van der Waals surface area contributed by atoms with Crippen LogP contribution in [0, 0.1) is 13.8 Å². The van der Waals surface area contributed by atoms with E-state index in [1.807, 2.05) is 0 Å². The zero-order valence-electron chi connectivity index (χ0n) is 15.4. The van der Waals surface area contributed by atoms with Gasteiger partial charge in [0.15, 0.2) is 0 Å². The van der Waals surface area contributed by atoms with Gasteiger partial charge in [0.2, 0.25) is 0 Å². The first kappa shape index (κ1) is 19.2. The fourth-order valence-electron chi connectivity index (χ4n) is 2.82. The van der Waals surface area contributed by atoms with Gasteiger partial charge in [-0.1, -0.05) is 0 Å². The lowest BCUT2D eigenvalue weighted by molar-refractivity contribution is 0.0531. The number of halogens is 2. The topological polar surface area (TPSA) is 73.1 Å². The molecule has 10 heteroatoms. The van der Waals surface area contributed by atoms with E-state index >= 15 is 0 Å². The largest absolute Gasteiger partial charge is 0.462 e. The number of carbonyl (C=O) groups excluding carboxylic acids is 1. The molecule has 0 aliphatic heterocycles. The molecule has 7 nitrogen and oxygen atoms in total. The maximum Gasteiger partial charge on any atom is 0.348 e. The number of nitrogens with zero attached hydrogens (tertiary/aromatic N) is 5. The Morgan fingerprint density at radius 2 is 2.11 bits per heavy atom. The number of aryl methyl sites for hydroxylation is 2. The van der Waals surface area contributed by atoms with Crippen molar-refractivity contribution in [2.45, 2.75) is 33.9 Å². The van der Waals surface area contributed by atoms with Gasteiger partial charge >= 0.3 is 12.5 Å². The lowest BCUT2D eigenvalue weighted by Gasteiger charge is -2.20. The van der Waals surface area contributed by atoms with Gasteiger partial charge in [-0.2, -0.15) is 8.78 Å². The number of aromatic nitrogens is 4. The number of hydrogen-bond donors (Lipinski definition) is 0. The Hall–Kier alpha value is -2.62. The Balaban J connectivity index is 2.05. The first-order valence-corrected chi connectivity index (χ1v) is 9.11. The van der Waals surface area contributed by atoms with Crippen molar-refractivity contribution in [3.8, 4) is 0 Å². The van der Waals surface area contributed by atoms with Gasteiger partial charge in [0.05, 0.1) is 18.5 Å². The van der Waals surface area contributed by atoms with Crippen LogP contribution in [0.15, 0.2) is 12.4 Å². The highest BCUT2D eigenvalue weighted by molar-refractivity contribution is 7.20. The molecule has 0 saturated heterocycles. The lowest BCUT2D eigenvalue weighted by atomic mass is 10.2. The summed E-state index contributed by atoms with van der Waals surface area (Å²) in [7, 11) is 1.74. The van der Waals surface area contributed by atoms with Crippen molar-refractivity contribution in [2.75, 3.05) is 18.6 Å². The summed E-state index contributed by atoms with van der Waals surface area (Å²) >= 11 is 1.24. The van der Waals surface area contributed by atoms with E-state index in [0.29, 0.717) is 32.3 Å². The van der Waals surface area contributed by atoms with Gasteiger partial charge in [0.1, 0.15) is 27.2 Å². The summed E-state index contributed by atoms with van der Waals surface area (Å²) in [5.41, 5.74) is 0.715. The molecule has 27 heavy (non-hydrogen) atoms.